The molecule has 0 aliphatic heterocycles. The van der Waals surface area contributed by atoms with Crippen molar-refractivity contribution in [3.05, 3.63) is 71.6 Å². The highest BCUT2D eigenvalue weighted by molar-refractivity contribution is 7.14. The number of hydrogen-bond donors (Lipinski definition) is 2. The van der Waals surface area contributed by atoms with Gasteiger partial charge in [0.2, 0.25) is 5.91 Å². The molecule has 1 amide bonds. The molecular formula is C23H21N5O2S. The van der Waals surface area contributed by atoms with Gasteiger partial charge in [0.15, 0.2) is 10.9 Å². The first-order valence-corrected chi connectivity index (χ1v) is 10.5. The number of amides is 1. The summed E-state index contributed by atoms with van der Waals surface area (Å²) in [5, 5.41) is 17.3. The van der Waals surface area contributed by atoms with Crippen LogP contribution in [0.15, 0.2) is 66.0 Å². The Kier molecular flexibility index (Phi) is 6.18. The van der Waals surface area contributed by atoms with Gasteiger partial charge in [0.1, 0.15) is 5.75 Å². The van der Waals surface area contributed by atoms with Gasteiger partial charge in [0.25, 0.3) is 0 Å². The zero-order chi connectivity index (χ0) is 21.6. The highest BCUT2D eigenvalue weighted by Crippen LogP contribution is 2.27. The third-order valence-corrected chi connectivity index (χ3v) is 5.34. The first-order chi connectivity index (χ1) is 15.1. The molecule has 2 heterocycles. The Morgan fingerprint density at radius 1 is 0.935 bits per heavy atom. The average Bonchev–Trinajstić information content (AvgIpc) is 3.27. The zero-order valence-electron chi connectivity index (χ0n) is 17.1. The molecule has 0 unspecified atom stereocenters. The molecule has 7 nitrogen and oxygen atoms in total. The van der Waals surface area contributed by atoms with Crippen molar-refractivity contribution < 1.29 is 9.53 Å². The molecule has 0 fully saturated rings. The second-order valence-electron chi connectivity index (χ2n) is 6.80. The van der Waals surface area contributed by atoms with E-state index in [9.17, 15) is 4.79 Å². The number of nitrogens with one attached hydrogen (secondary N) is 2. The van der Waals surface area contributed by atoms with Crippen LogP contribution in [0.25, 0.3) is 22.5 Å². The summed E-state index contributed by atoms with van der Waals surface area (Å²) in [4.78, 5) is 15.7. The van der Waals surface area contributed by atoms with Gasteiger partial charge in [-0.15, -0.1) is 21.5 Å². The molecule has 0 aliphatic rings. The van der Waals surface area contributed by atoms with E-state index in [0.29, 0.717) is 12.4 Å². The van der Waals surface area contributed by atoms with Crippen molar-refractivity contribution in [3.63, 3.8) is 0 Å². The molecule has 4 aromatic rings. The molecule has 0 radical (unpaired) electrons. The Hall–Kier alpha value is -3.78. The number of anilines is 2. The number of carbonyl (C=O) groups is 1. The Bertz CT molecular complexity index is 1160. The van der Waals surface area contributed by atoms with Crippen molar-refractivity contribution in [3.8, 4) is 28.3 Å². The van der Waals surface area contributed by atoms with E-state index >= 15 is 0 Å². The van der Waals surface area contributed by atoms with E-state index in [-0.39, 0.29) is 5.91 Å². The molecule has 0 spiro atoms. The van der Waals surface area contributed by atoms with E-state index in [4.69, 9.17) is 4.74 Å². The molecule has 2 N–H and O–H groups in total. The van der Waals surface area contributed by atoms with Gasteiger partial charge in [-0.25, -0.2) is 4.98 Å². The molecule has 0 atom stereocenters. The average molecular weight is 432 g/mol. The van der Waals surface area contributed by atoms with Crippen molar-refractivity contribution in [2.45, 2.75) is 13.5 Å². The molecule has 2 aromatic carbocycles. The quantitative estimate of drug-likeness (QED) is 0.443. The fourth-order valence-corrected chi connectivity index (χ4v) is 3.63. The molecular weight excluding hydrogens is 410 g/mol. The lowest BCUT2D eigenvalue weighted by Crippen LogP contribution is -2.18. The van der Waals surface area contributed by atoms with Crippen molar-refractivity contribution in [1.82, 2.24) is 20.5 Å². The molecule has 2 aromatic heterocycles. The topological polar surface area (TPSA) is 89.0 Å². The highest BCUT2D eigenvalue weighted by atomic mass is 32.1. The van der Waals surface area contributed by atoms with Gasteiger partial charge in [0.05, 0.1) is 18.5 Å². The van der Waals surface area contributed by atoms with Crippen LogP contribution in [0, 0.1) is 0 Å². The number of aromatic nitrogens is 3. The molecule has 0 saturated carbocycles. The lowest BCUT2D eigenvalue weighted by molar-refractivity contribution is -0.119. The first-order valence-electron chi connectivity index (χ1n) is 9.65. The first kappa shape index (κ1) is 20.5. The summed E-state index contributed by atoms with van der Waals surface area (Å²) >= 11 is 1.50. The number of thiazole rings is 1. The third kappa shape index (κ3) is 5.23. The second kappa shape index (κ2) is 9.36. The van der Waals surface area contributed by atoms with Gasteiger partial charge in [-0.1, -0.05) is 24.3 Å². The monoisotopic (exact) mass is 431 g/mol. The Morgan fingerprint density at radius 3 is 2.29 bits per heavy atom. The maximum atomic E-state index is 11.0. The summed E-state index contributed by atoms with van der Waals surface area (Å²) in [6, 6.07) is 19.5. The molecule has 31 heavy (non-hydrogen) atoms. The predicted octanol–water partition coefficient (Wildman–Crippen LogP) is 4.66. The van der Waals surface area contributed by atoms with Crippen LogP contribution in [0.3, 0.4) is 0 Å². The van der Waals surface area contributed by atoms with Crippen LogP contribution in [-0.4, -0.2) is 28.2 Å². The smallest absolute Gasteiger partial charge is 0.217 e. The van der Waals surface area contributed by atoms with Crippen molar-refractivity contribution in [2.75, 3.05) is 12.4 Å². The summed E-state index contributed by atoms with van der Waals surface area (Å²) in [5.41, 5.74) is 4.68. The van der Waals surface area contributed by atoms with Gasteiger partial charge in [-0.2, -0.15) is 0 Å². The normalized spacial score (nSPS) is 10.5. The highest BCUT2D eigenvalue weighted by Gasteiger charge is 2.07. The van der Waals surface area contributed by atoms with E-state index < -0.39 is 0 Å². The van der Waals surface area contributed by atoms with Crippen LogP contribution < -0.4 is 15.4 Å². The fourth-order valence-electron chi connectivity index (χ4n) is 2.91. The minimum atomic E-state index is -0.0422. The van der Waals surface area contributed by atoms with E-state index in [0.717, 1.165) is 39.0 Å². The SMILES string of the molecule is COc1ccc(-c2ccc(Nc3nc(-c4ccc(CNC(C)=O)cc4)cs3)nn2)cc1. The summed E-state index contributed by atoms with van der Waals surface area (Å²) in [6.45, 7) is 2.03. The molecule has 0 saturated heterocycles. The lowest BCUT2D eigenvalue weighted by Gasteiger charge is -2.05. The number of hydrogen-bond acceptors (Lipinski definition) is 7. The number of ether oxygens (including phenoxy) is 1. The van der Waals surface area contributed by atoms with Gasteiger partial charge in [-0.05, 0) is 42.0 Å². The van der Waals surface area contributed by atoms with Crippen molar-refractivity contribution in [2.24, 2.45) is 0 Å². The maximum Gasteiger partial charge on any atom is 0.217 e. The fraction of sp³-hybridized carbons (Fsp3) is 0.130. The van der Waals surface area contributed by atoms with Gasteiger partial charge in [0, 0.05) is 30.0 Å². The predicted molar refractivity (Wildman–Crippen MR) is 122 cm³/mol. The summed E-state index contributed by atoms with van der Waals surface area (Å²) in [5.74, 6) is 1.39. The van der Waals surface area contributed by atoms with Gasteiger partial charge in [-0.3, -0.25) is 4.79 Å². The Morgan fingerprint density at radius 2 is 1.65 bits per heavy atom. The summed E-state index contributed by atoms with van der Waals surface area (Å²) in [6.07, 6.45) is 0. The molecule has 0 bridgehead atoms. The van der Waals surface area contributed by atoms with Gasteiger partial charge >= 0.3 is 0 Å². The van der Waals surface area contributed by atoms with E-state index in [1.165, 1.54) is 18.3 Å². The maximum absolute atomic E-state index is 11.0. The zero-order valence-corrected chi connectivity index (χ0v) is 17.9. The second-order valence-corrected chi connectivity index (χ2v) is 7.66. The van der Waals surface area contributed by atoms with Crippen LogP contribution in [0.5, 0.6) is 5.75 Å². The molecule has 4 rings (SSSR count). The number of nitrogens with zero attached hydrogens (tertiary/aromatic N) is 3. The summed E-state index contributed by atoms with van der Waals surface area (Å²) < 4.78 is 5.18. The van der Waals surface area contributed by atoms with E-state index in [1.54, 1.807) is 7.11 Å². The standard InChI is InChI=1S/C23H21N5O2S/c1-15(29)24-13-16-3-5-18(6-4-16)21-14-31-23(25-21)26-22-12-11-20(27-28-22)17-7-9-19(30-2)10-8-17/h3-12,14H,13H2,1-2H3,(H,24,29)(H,25,26,28). The lowest BCUT2D eigenvalue weighted by atomic mass is 10.1. The molecule has 156 valence electrons. The van der Waals surface area contributed by atoms with E-state index in [2.05, 4.69) is 25.8 Å². The van der Waals surface area contributed by atoms with Gasteiger partial charge < -0.3 is 15.4 Å². The largest absolute Gasteiger partial charge is 0.497 e. The van der Waals surface area contributed by atoms with Crippen LogP contribution in [0.1, 0.15) is 12.5 Å². The minimum absolute atomic E-state index is 0.0422. The van der Waals surface area contributed by atoms with Crippen LogP contribution in [-0.2, 0) is 11.3 Å². The van der Waals surface area contributed by atoms with Crippen LogP contribution >= 0.6 is 11.3 Å². The van der Waals surface area contributed by atoms with Crippen LogP contribution in [0.4, 0.5) is 10.9 Å². The van der Waals surface area contributed by atoms with E-state index in [1.807, 2.05) is 66.0 Å². The number of benzene rings is 2. The van der Waals surface area contributed by atoms with Crippen LogP contribution in [0.2, 0.25) is 0 Å². The van der Waals surface area contributed by atoms with Crippen molar-refractivity contribution >= 4 is 28.2 Å². The molecule has 8 heteroatoms. The number of methoxy groups -OCH3 is 1. The summed E-state index contributed by atoms with van der Waals surface area (Å²) in [7, 11) is 1.64. The number of rotatable bonds is 7. The Labute approximate surface area is 184 Å². The number of carbonyl (C=O) groups excluding carboxylic acids is 1. The minimum Gasteiger partial charge on any atom is -0.497 e. The van der Waals surface area contributed by atoms with Crippen molar-refractivity contribution in [1.29, 1.82) is 0 Å². The Balaban J connectivity index is 1.41. The third-order valence-electron chi connectivity index (χ3n) is 4.58. The molecule has 0 aliphatic carbocycles.